The van der Waals surface area contributed by atoms with Crippen LogP contribution in [0.3, 0.4) is 0 Å². The maximum Gasteiger partial charge on any atom is 0.0434 e. The molecule has 0 amide bonds. The average molecular weight is 279 g/mol. The van der Waals surface area contributed by atoms with Crippen molar-refractivity contribution < 1.29 is 5.11 Å². The van der Waals surface area contributed by atoms with Gasteiger partial charge in [-0.25, -0.2) is 0 Å². The van der Waals surface area contributed by atoms with Crippen molar-refractivity contribution in [1.82, 2.24) is 5.32 Å². The van der Waals surface area contributed by atoms with Gasteiger partial charge in [-0.05, 0) is 43.4 Å². The summed E-state index contributed by atoms with van der Waals surface area (Å²) >= 11 is 2.00. The number of nitrogens with one attached hydrogen (secondary N) is 1. The molecule has 1 aliphatic rings. The first kappa shape index (κ1) is 14.9. The molecule has 0 aromatic heterocycles. The molecule has 19 heavy (non-hydrogen) atoms. The standard InChI is InChI=1S/C16H25NOS/c1-2-5-13(8-9-18)11-17-12-15-10-14-6-3-4-7-16(14)19-15/h3-4,6-7,13,15,17-18H,2,5,8-12H2,1H3. The van der Waals surface area contributed by atoms with Crippen LogP contribution in [0.2, 0.25) is 0 Å². The molecule has 2 rings (SSSR count). The number of rotatable bonds is 8. The molecule has 0 fully saturated rings. The number of fused-ring (bicyclic) bond motifs is 1. The first-order chi connectivity index (χ1) is 9.33. The maximum atomic E-state index is 9.06. The number of hydrogen-bond acceptors (Lipinski definition) is 3. The molecule has 1 aromatic carbocycles. The van der Waals surface area contributed by atoms with Gasteiger partial charge >= 0.3 is 0 Å². The van der Waals surface area contributed by atoms with Crippen molar-refractivity contribution in [3.63, 3.8) is 0 Å². The van der Waals surface area contributed by atoms with E-state index in [0.29, 0.717) is 17.8 Å². The molecule has 2 atom stereocenters. The van der Waals surface area contributed by atoms with E-state index in [0.717, 1.165) is 19.5 Å². The van der Waals surface area contributed by atoms with E-state index in [-0.39, 0.29) is 0 Å². The lowest BCUT2D eigenvalue weighted by atomic mass is 10.0. The second-order valence-electron chi connectivity index (χ2n) is 5.38. The van der Waals surface area contributed by atoms with Crippen LogP contribution in [0.1, 0.15) is 31.7 Å². The Kier molecular flexibility index (Phi) is 6.21. The number of aliphatic hydroxyl groups is 1. The summed E-state index contributed by atoms with van der Waals surface area (Å²) in [6.07, 6.45) is 4.53. The molecule has 106 valence electrons. The smallest absolute Gasteiger partial charge is 0.0434 e. The van der Waals surface area contributed by atoms with Gasteiger partial charge < -0.3 is 10.4 Å². The Morgan fingerprint density at radius 1 is 1.37 bits per heavy atom. The normalized spacial score (nSPS) is 19.4. The van der Waals surface area contributed by atoms with Crippen LogP contribution in [-0.2, 0) is 6.42 Å². The van der Waals surface area contributed by atoms with E-state index in [1.807, 2.05) is 11.8 Å². The fraction of sp³-hybridized carbons (Fsp3) is 0.625. The predicted octanol–water partition coefficient (Wildman–Crippen LogP) is 3.09. The van der Waals surface area contributed by atoms with E-state index in [4.69, 9.17) is 5.11 Å². The van der Waals surface area contributed by atoms with Crippen molar-refractivity contribution in [2.45, 2.75) is 42.8 Å². The zero-order valence-corrected chi connectivity index (χ0v) is 12.6. The molecule has 2 N–H and O–H groups in total. The van der Waals surface area contributed by atoms with Gasteiger partial charge in [0.15, 0.2) is 0 Å². The molecule has 0 saturated heterocycles. The number of benzene rings is 1. The van der Waals surface area contributed by atoms with Crippen molar-refractivity contribution in [2.24, 2.45) is 5.92 Å². The van der Waals surface area contributed by atoms with Gasteiger partial charge in [0, 0.05) is 23.3 Å². The van der Waals surface area contributed by atoms with Crippen LogP contribution in [0.25, 0.3) is 0 Å². The van der Waals surface area contributed by atoms with Gasteiger partial charge in [-0.1, -0.05) is 31.5 Å². The SMILES string of the molecule is CCCC(CCO)CNCC1Cc2ccccc2S1. The predicted molar refractivity (Wildman–Crippen MR) is 82.8 cm³/mol. The van der Waals surface area contributed by atoms with E-state index in [1.165, 1.54) is 29.7 Å². The molecule has 0 aliphatic carbocycles. The first-order valence-corrected chi connectivity index (χ1v) is 8.27. The summed E-state index contributed by atoms with van der Waals surface area (Å²) in [5.74, 6) is 0.628. The van der Waals surface area contributed by atoms with Crippen LogP contribution in [0.4, 0.5) is 0 Å². The summed E-state index contributed by atoms with van der Waals surface area (Å²) in [5.41, 5.74) is 1.50. The Hall–Kier alpha value is -0.510. The monoisotopic (exact) mass is 279 g/mol. The minimum absolute atomic E-state index is 0.315. The molecule has 2 nitrogen and oxygen atoms in total. The Morgan fingerprint density at radius 3 is 2.95 bits per heavy atom. The van der Waals surface area contributed by atoms with Gasteiger partial charge in [-0.15, -0.1) is 11.8 Å². The summed E-state index contributed by atoms with van der Waals surface area (Å²) in [5, 5.41) is 13.3. The lowest BCUT2D eigenvalue weighted by Gasteiger charge is -2.17. The average Bonchev–Trinajstić information content (AvgIpc) is 2.82. The van der Waals surface area contributed by atoms with Crippen molar-refractivity contribution in [1.29, 1.82) is 0 Å². The molecule has 0 spiro atoms. The quantitative estimate of drug-likeness (QED) is 0.767. The highest BCUT2D eigenvalue weighted by Gasteiger charge is 2.21. The van der Waals surface area contributed by atoms with E-state index in [9.17, 15) is 0 Å². The van der Waals surface area contributed by atoms with Crippen LogP contribution >= 0.6 is 11.8 Å². The van der Waals surface area contributed by atoms with Crippen molar-refractivity contribution in [3.8, 4) is 0 Å². The third-order valence-corrected chi connectivity index (χ3v) is 5.07. The zero-order chi connectivity index (χ0) is 13.5. The molecular weight excluding hydrogens is 254 g/mol. The van der Waals surface area contributed by atoms with Crippen LogP contribution in [0.5, 0.6) is 0 Å². The highest BCUT2D eigenvalue weighted by atomic mass is 32.2. The van der Waals surface area contributed by atoms with Crippen molar-refractivity contribution >= 4 is 11.8 Å². The molecule has 1 aliphatic heterocycles. The third kappa shape index (κ3) is 4.51. The molecule has 0 bridgehead atoms. The van der Waals surface area contributed by atoms with Gasteiger partial charge in [0.2, 0.25) is 0 Å². The van der Waals surface area contributed by atoms with Crippen molar-refractivity contribution in [2.75, 3.05) is 19.7 Å². The van der Waals surface area contributed by atoms with Gasteiger partial charge in [0.05, 0.1) is 0 Å². The minimum Gasteiger partial charge on any atom is -0.396 e. The summed E-state index contributed by atoms with van der Waals surface area (Å²) < 4.78 is 0. The van der Waals surface area contributed by atoms with E-state index in [2.05, 4.69) is 36.5 Å². The zero-order valence-electron chi connectivity index (χ0n) is 11.8. The molecule has 0 saturated carbocycles. The molecule has 2 unspecified atom stereocenters. The minimum atomic E-state index is 0.315. The Morgan fingerprint density at radius 2 is 2.21 bits per heavy atom. The van der Waals surface area contributed by atoms with Crippen LogP contribution in [0, 0.1) is 5.92 Å². The largest absolute Gasteiger partial charge is 0.396 e. The van der Waals surface area contributed by atoms with Gasteiger partial charge in [0.25, 0.3) is 0 Å². The topological polar surface area (TPSA) is 32.3 Å². The Balaban J connectivity index is 1.70. The Bertz CT molecular complexity index is 352. The number of aliphatic hydroxyl groups excluding tert-OH is 1. The molecule has 0 radical (unpaired) electrons. The lowest BCUT2D eigenvalue weighted by Crippen LogP contribution is -2.29. The van der Waals surface area contributed by atoms with Gasteiger partial charge in [0.1, 0.15) is 0 Å². The lowest BCUT2D eigenvalue weighted by molar-refractivity contribution is 0.248. The van der Waals surface area contributed by atoms with Crippen LogP contribution < -0.4 is 5.32 Å². The maximum absolute atomic E-state index is 9.06. The van der Waals surface area contributed by atoms with Crippen LogP contribution in [0.15, 0.2) is 29.2 Å². The summed E-state index contributed by atoms with van der Waals surface area (Å²) in [7, 11) is 0. The fourth-order valence-electron chi connectivity index (χ4n) is 2.76. The van der Waals surface area contributed by atoms with Crippen LogP contribution in [-0.4, -0.2) is 30.1 Å². The highest BCUT2D eigenvalue weighted by molar-refractivity contribution is 8.00. The summed E-state index contributed by atoms with van der Waals surface area (Å²) in [4.78, 5) is 1.45. The first-order valence-electron chi connectivity index (χ1n) is 7.39. The van der Waals surface area contributed by atoms with Gasteiger partial charge in [-0.3, -0.25) is 0 Å². The fourth-order valence-corrected chi connectivity index (χ4v) is 4.04. The number of hydrogen-bond donors (Lipinski definition) is 2. The molecule has 1 heterocycles. The van der Waals surface area contributed by atoms with E-state index < -0.39 is 0 Å². The second kappa shape index (κ2) is 7.93. The second-order valence-corrected chi connectivity index (χ2v) is 6.72. The molecule has 1 aromatic rings. The van der Waals surface area contributed by atoms with E-state index >= 15 is 0 Å². The molecule has 3 heteroatoms. The summed E-state index contributed by atoms with van der Waals surface area (Å²) in [6.45, 7) is 4.65. The van der Waals surface area contributed by atoms with Gasteiger partial charge in [-0.2, -0.15) is 0 Å². The highest BCUT2D eigenvalue weighted by Crippen LogP contribution is 2.36. The van der Waals surface area contributed by atoms with E-state index in [1.54, 1.807) is 0 Å². The molecular formula is C16H25NOS. The Labute approximate surface area is 121 Å². The number of thioether (sulfide) groups is 1. The van der Waals surface area contributed by atoms with Crippen molar-refractivity contribution in [3.05, 3.63) is 29.8 Å². The summed E-state index contributed by atoms with van der Waals surface area (Å²) in [6, 6.07) is 8.73. The third-order valence-electron chi connectivity index (χ3n) is 3.75.